The monoisotopic (exact) mass is 352 g/mol. The summed E-state index contributed by atoms with van der Waals surface area (Å²) in [6.45, 7) is -0.428. The molecule has 0 spiro atoms. The predicted molar refractivity (Wildman–Crippen MR) is 84.3 cm³/mol. The van der Waals surface area contributed by atoms with Gasteiger partial charge in [-0.05, 0) is 38.4 Å². The normalized spacial score (nSPS) is 12.0. The van der Waals surface area contributed by atoms with Crippen LogP contribution in [-0.4, -0.2) is 37.5 Å². The van der Waals surface area contributed by atoms with Crippen molar-refractivity contribution in [1.82, 2.24) is 10.2 Å². The molecule has 134 valence electrons. The highest BCUT2D eigenvalue weighted by Crippen LogP contribution is 2.25. The van der Waals surface area contributed by atoms with Crippen molar-refractivity contribution in [2.75, 3.05) is 20.7 Å². The van der Waals surface area contributed by atoms with E-state index < -0.39 is 41.7 Å². The van der Waals surface area contributed by atoms with Gasteiger partial charge in [-0.15, -0.1) is 0 Å². The molecule has 0 radical (unpaired) electrons. The van der Waals surface area contributed by atoms with Gasteiger partial charge in [-0.1, -0.05) is 6.07 Å². The summed E-state index contributed by atoms with van der Waals surface area (Å²) < 4.78 is 37.8. The minimum Gasteiger partial charge on any atom is -0.467 e. The second kappa shape index (κ2) is 8.39. The molecule has 6 nitrogen and oxygen atoms in total. The van der Waals surface area contributed by atoms with Crippen LogP contribution in [0.1, 0.15) is 17.4 Å². The number of furan rings is 1. The van der Waals surface area contributed by atoms with Crippen LogP contribution in [0.2, 0.25) is 0 Å². The van der Waals surface area contributed by atoms with Crippen molar-refractivity contribution in [2.45, 2.75) is 12.6 Å². The standard InChI is InChI=1S/C17H18F2N2O4/c1-21(2)16(15-12(18)6-3-7-13(15)19)17(23)25-10-14(22)20-9-11-5-4-8-24-11/h3-8,16H,9-10H2,1-2H3,(H,20,22)/t16-/m0/s1. The molecule has 0 unspecified atom stereocenters. The number of likely N-dealkylation sites (N-methyl/N-ethyl adjacent to an activating group) is 1. The van der Waals surface area contributed by atoms with Gasteiger partial charge in [0.05, 0.1) is 18.4 Å². The van der Waals surface area contributed by atoms with E-state index in [1.165, 1.54) is 31.3 Å². The van der Waals surface area contributed by atoms with Crippen molar-refractivity contribution < 1.29 is 27.5 Å². The molecule has 1 heterocycles. The van der Waals surface area contributed by atoms with Gasteiger partial charge >= 0.3 is 5.97 Å². The van der Waals surface area contributed by atoms with Crippen LogP contribution in [0.5, 0.6) is 0 Å². The number of nitrogens with one attached hydrogen (secondary N) is 1. The number of hydrogen-bond acceptors (Lipinski definition) is 5. The summed E-state index contributed by atoms with van der Waals surface area (Å²) in [6.07, 6.45) is 1.46. The fourth-order valence-corrected chi connectivity index (χ4v) is 2.22. The number of amides is 1. The minimum atomic E-state index is -1.31. The van der Waals surface area contributed by atoms with Crippen molar-refractivity contribution in [3.63, 3.8) is 0 Å². The third kappa shape index (κ3) is 4.87. The maximum absolute atomic E-state index is 13.9. The zero-order valence-corrected chi connectivity index (χ0v) is 13.8. The molecule has 0 aliphatic heterocycles. The average molecular weight is 352 g/mol. The Labute approximate surface area is 143 Å². The van der Waals surface area contributed by atoms with Gasteiger partial charge in [-0.25, -0.2) is 13.6 Å². The van der Waals surface area contributed by atoms with Crippen LogP contribution in [0.4, 0.5) is 8.78 Å². The fourth-order valence-electron chi connectivity index (χ4n) is 2.22. The van der Waals surface area contributed by atoms with Gasteiger partial charge in [0.15, 0.2) is 6.61 Å². The lowest BCUT2D eigenvalue weighted by atomic mass is 10.0. The molecule has 0 aliphatic rings. The molecule has 1 N–H and O–H groups in total. The molecule has 1 aromatic heterocycles. The third-order valence-corrected chi connectivity index (χ3v) is 3.40. The van der Waals surface area contributed by atoms with E-state index in [-0.39, 0.29) is 6.54 Å². The summed E-state index contributed by atoms with van der Waals surface area (Å²) in [5.74, 6) is -2.67. The summed E-state index contributed by atoms with van der Waals surface area (Å²) in [4.78, 5) is 25.3. The van der Waals surface area contributed by atoms with Gasteiger partial charge in [0.2, 0.25) is 0 Å². The maximum atomic E-state index is 13.9. The van der Waals surface area contributed by atoms with Crippen LogP contribution in [0.15, 0.2) is 41.0 Å². The topological polar surface area (TPSA) is 71.8 Å². The Kier molecular flexibility index (Phi) is 6.24. The van der Waals surface area contributed by atoms with E-state index in [1.807, 2.05) is 0 Å². The molecule has 8 heteroatoms. The first-order valence-corrected chi connectivity index (χ1v) is 7.46. The summed E-state index contributed by atoms with van der Waals surface area (Å²) >= 11 is 0. The lowest BCUT2D eigenvalue weighted by molar-refractivity contribution is -0.153. The number of halogens is 2. The molecular weight excluding hydrogens is 334 g/mol. The first kappa shape index (κ1) is 18.6. The molecule has 0 fully saturated rings. The molecule has 0 saturated heterocycles. The van der Waals surface area contributed by atoms with E-state index in [0.717, 1.165) is 12.1 Å². The quantitative estimate of drug-likeness (QED) is 0.772. The Balaban J connectivity index is 1.98. The third-order valence-electron chi connectivity index (χ3n) is 3.40. The van der Waals surface area contributed by atoms with E-state index in [4.69, 9.17) is 9.15 Å². The zero-order chi connectivity index (χ0) is 18.4. The van der Waals surface area contributed by atoms with E-state index in [2.05, 4.69) is 5.32 Å². The Morgan fingerprint density at radius 2 is 1.88 bits per heavy atom. The van der Waals surface area contributed by atoms with Crippen LogP contribution in [0, 0.1) is 11.6 Å². The smallest absolute Gasteiger partial charge is 0.328 e. The van der Waals surface area contributed by atoms with Crippen LogP contribution < -0.4 is 5.32 Å². The number of esters is 1. The highest BCUT2D eigenvalue weighted by Gasteiger charge is 2.30. The van der Waals surface area contributed by atoms with Crippen molar-refractivity contribution in [1.29, 1.82) is 0 Å². The van der Waals surface area contributed by atoms with Gasteiger partial charge < -0.3 is 14.5 Å². The number of nitrogens with zero attached hydrogens (tertiary/aromatic N) is 1. The second-order valence-corrected chi connectivity index (χ2v) is 5.47. The molecular formula is C17H18F2N2O4. The summed E-state index contributed by atoms with van der Waals surface area (Å²) in [6, 6.07) is 5.35. The van der Waals surface area contributed by atoms with Crippen molar-refractivity contribution in [2.24, 2.45) is 0 Å². The van der Waals surface area contributed by atoms with E-state index in [1.54, 1.807) is 12.1 Å². The minimum absolute atomic E-state index is 0.141. The molecule has 2 rings (SSSR count). The van der Waals surface area contributed by atoms with Crippen LogP contribution in [0.25, 0.3) is 0 Å². The Hall–Kier alpha value is -2.74. The molecule has 0 saturated carbocycles. The fraction of sp³-hybridized carbons (Fsp3) is 0.294. The van der Waals surface area contributed by atoms with Crippen molar-refractivity contribution in [3.05, 3.63) is 59.6 Å². The Morgan fingerprint density at radius 3 is 2.44 bits per heavy atom. The van der Waals surface area contributed by atoms with Gasteiger partial charge in [0, 0.05) is 0 Å². The molecule has 25 heavy (non-hydrogen) atoms. The summed E-state index contributed by atoms with van der Waals surface area (Å²) in [7, 11) is 2.96. The first-order valence-electron chi connectivity index (χ1n) is 7.46. The molecule has 1 amide bonds. The van der Waals surface area contributed by atoms with E-state index in [0.29, 0.717) is 5.76 Å². The molecule has 1 atom stereocenters. The number of carbonyl (C=O) groups is 2. The maximum Gasteiger partial charge on any atom is 0.328 e. The largest absolute Gasteiger partial charge is 0.467 e. The molecule has 2 aromatic rings. The summed E-state index contributed by atoms with van der Waals surface area (Å²) in [5, 5.41) is 2.50. The van der Waals surface area contributed by atoms with Gasteiger partial charge in [0.25, 0.3) is 5.91 Å². The van der Waals surface area contributed by atoms with E-state index in [9.17, 15) is 18.4 Å². The zero-order valence-electron chi connectivity index (χ0n) is 13.8. The number of benzene rings is 1. The highest BCUT2D eigenvalue weighted by atomic mass is 19.1. The second-order valence-electron chi connectivity index (χ2n) is 5.47. The van der Waals surface area contributed by atoms with Crippen LogP contribution in [-0.2, 0) is 20.9 Å². The predicted octanol–water partition coefficient (Wildman–Crippen LogP) is 2.02. The highest BCUT2D eigenvalue weighted by molar-refractivity contribution is 5.83. The molecule has 0 bridgehead atoms. The van der Waals surface area contributed by atoms with E-state index >= 15 is 0 Å². The van der Waals surface area contributed by atoms with Gasteiger partial charge in [-0.2, -0.15) is 0 Å². The number of rotatable bonds is 7. The number of carbonyl (C=O) groups excluding carboxylic acids is 2. The first-order chi connectivity index (χ1) is 11.9. The SMILES string of the molecule is CN(C)[C@H](C(=O)OCC(=O)NCc1ccco1)c1c(F)cccc1F. The molecule has 0 aliphatic carbocycles. The van der Waals surface area contributed by atoms with Crippen molar-refractivity contribution >= 4 is 11.9 Å². The Bertz CT molecular complexity index is 712. The number of hydrogen-bond donors (Lipinski definition) is 1. The lowest BCUT2D eigenvalue weighted by Gasteiger charge is -2.23. The van der Waals surface area contributed by atoms with Gasteiger partial charge in [-0.3, -0.25) is 9.69 Å². The average Bonchev–Trinajstić information content (AvgIpc) is 3.07. The summed E-state index contributed by atoms with van der Waals surface area (Å²) in [5.41, 5.74) is -0.423. The Morgan fingerprint density at radius 1 is 1.20 bits per heavy atom. The van der Waals surface area contributed by atoms with Crippen molar-refractivity contribution in [3.8, 4) is 0 Å². The number of ether oxygens (including phenoxy) is 1. The van der Waals surface area contributed by atoms with Gasteiger partial charge in [0.1, 0.15) is 23.4 Å². The van der Waals surface area contributed by atoms with Crippen LogP contribution in [0.3, 0.4) is 0 Å². The molecule has 1 aromatic carbocycles. The lowest BCUT2D eigenvalue weighted by Crippen LogP contribution is -2.34. The van der Waals surface area contributed by atoms with Crippen LogP contribution >= 0.6 is 0 Å².